The number of nitrogens with zero attached hydrogens (tertiary/aromatic N) is 1. The predicted molar refractivity (Wildman–Crippen MR) is 75.7 cm³/mol. The van der Waals surface area contributed by atoms with E-state index in [1.165, 1.54) is 14.0 Å². The van der Waals surface area contributed by atoms with Gasteiger partial charge in [0.1, 0.15) is 5.75 Å². The maximum Gasteiger partial charge on any atom is 0.338 e. The fraction of sp³-hybridized carbons (Fsp3) is 0.267. The predicted octanol–water partition coefficient (Wildman–Crippen LogP) is 2.01. The van der Waals surface area contributed by atoms with Crippen molar-refractivity contribution in [3.8, 4) is 5.75 Å². The Morgan fingerprint density at radius 1 is 1.33 bits per heavy atom. The number of carbonyl (C=O) groups is 3. The zero-order chi connectivity index (χ0) is 15.7. The third kappa shape index (κ3) is 2.40. The van der Waals surface area contributed by atoms with Crippen molar-refractivity contribution in [2.24, 2.45) is 7.05 Å². The maximum absolute atomic E-state index is 11.9. The van der Waals surface area contributed by atoms with Gasteiger partial charge in [-0.05, 0) is 13.0 Å². The van der Waals surface area contributed by atoms with E-state index in [0.717, 1.165) is 0 Å². The van der Waals surface area contributed by atoms with Crippen molar-refractivity contribution in [1.29, 1.82) is 0 Å². The molecular weight excluding hydrogens is 274 g/mol. The average molecular weight is 289 g/mol. The summed E-state index contributed by atoms with van der Waals surface area (Å²) < 4.78 is 11.7. The van der Waals surface area contributed by atoms with Crippen molar-refractivity contribution < 1.29 is 23.9 Å². The SMILES string of the molecule is COC(=O)c1cc2c(c(C=O)cn2C)c(OC(C)=O)c1C. The fourth-order valence-corrected chi connectivity index (χ4v) is 2.33. The number of esters is 2. The third-order valence-corrected chi connectivity index (χ3v) is 3.29. The van der Waals surface area contributed by atoms with Gasteiger partial charge in [0, 0.05) is 31.3 Å². The van der Waals surface area contributed by atoms with Crippen LogP contribution in [0.4, 0.5) is 0 Å². The standard InChI is InChI=1S/C15H15NO5/c1-8-11(15(19)20-4)5-12-13(14(8)21-9(2)18)10(7-17)6-16(12)3/h5-7H,1-4H3. The van der Waals surface area contributed by atoms with Crippen LogP contribution in [0.15, 0.2) is 12.3 Å². The highest BCUT2D eigenvalue weighted by Crippen LogP contribution is 2.35. The molecule has 0 saturated carbocycles. The lowest BCUT2D eigenvalue weighted by atomic mass is 10.0. The molecule has 0 amide bonds. The Hall–Kier alpha value is -2.63. The van der Waals surface area contributed by atoms with Crippen molar-refractivity contribution in [2.45, 2.75) is 13.8 Å². The Morgan fingerprint density at radius 2 is 2.00 bits per heavy atom. The third-order valence-electron chi connectivity index (χ3n) is 3.29. The molecule has 0 N–H and O–H groups in total. The number of hydrogen-bond donors (Lipinski definition) is 0. The van der Waals surface area contributed by atoms with Crippen molar-refractivity contribution in [2.75, 3.05) is 7.11 Å². The average Bonchev–Trinajstić information content (AvgIpc) is 2.76. The highest BCUT2D eigenvalue weighted by Gasteiger charge is 2.22. The molecule has 1 aromatic heterocycles. The van der Waals surface area contributed by atoms with E-state index in [4.69, 9.17) is 9.47 Å². The first kappa shape index (κ1) is 14.8. The number of ether oxygens (including phenoxy) is 2. The smallest absolute Gasteiger partial charge is 0.338 e. The number of aldehydes is 1. The zero-order valence-electron chi connectivity index (χ0n) is 12.2. The molecule has 0 spiro atoms. The van der Waals surface area contributed by atoms with Gasteiger partial charge in [0.25, 0.3) is 0 Å². The second kappa shape index (κ2) is 5.40. The van der Waals surface area contributed by atoms with E-state index in [-0.39, 0.29) is 5.75 Å². The number of methoxy groups -OCH3 is 1. The Balaban J connectivity index is 2.91. The lowest BCUT2D eigenvalue weighted by molar-refractivity contribution is -0.131. The van der Waals surface area contributed by atoms with Gasteiger partial charge in [-0.1, -0.05) is 0 Å². The minimum Gasteiger partial charge on any atom is -0.465 e. The summed E-state index contributed by atoms with van der Waals surface area (Å²) in [7, 11) is 3.02. The first-order valence-corrected chi connectivity index (χ1v) is 6.25. The first-order chi connectivity index (χ1) is 9.90. The molecule has 1 aromatic carbocycles. The van der Waals surface area contributed by atoms with Crippen LogP contribution in [0.25, 0.3) is 10.9 Å². The molecule has 0 atom stereocenters. The van der Waals surface area contributed by atoms with Gasteiger partial charge in [0.2, 0.25) is 0 Å². The molecule has 0 radical (unpaired) electrons. The van der Waals surface area contributed by atoms with Crippen molar-refractivity contribution >= 4 is 29.1 Å². The molecule has 0 aliphatic heterocycles. The molecule has 6 nitrogen and oxygen atoms in total. The highest BCUT2D eigenvalue weighted by molar-refractivity contribution is 6.06. The largest absolute Gasteiger partial charge is 0.465 e. The lowest BCUT2D eigenvalue weighted by Gasteiger charge is -2.12. The summed E-state index contributed by atoms with van der Waals surface area (Å²) in [5.41, 5.74) is 1.75. The van der Waals surface area contributed by atoms with E-state index in [0.29, 0.717) is 33.9 Å². The number of rotatable bonds is 3. The summed E-state index contributed by atoms with van der Waals surface area (Å²) >= 11 is 0. The van der Waals surface area contributed by atoms with Gasteiger partial charge in [-0.3, -0.25) is 9.59 Å². The zero-order valence-corrected chi connectivity index (χ0v) is 12.2. The van der Waals surface area contributed by atoms with Crippen molar-refractivity contribution in [3.63, 3.8) is 0 Å². The Kier molecular flexibility index (Phi) is 3.80. The van der Waals surface area contributed by atoms with Crippen LogP contribution >= 0.6 is 0 Å². The molecule has 0 unspecified atom stereocenters. The molecule has 6 heteroatoms. The van der Waals surface area contributed by atoms with E-state index >= 15 is 0 Å². The molecule has 0 fully saturated rings. The quantitative estimate of drug-likeness (QED) is 0.491. The normalized spacial score (nSPS) is 10.5. The molecule has 2 aromatic rings. The Bertz CT molecular complexity index is 757. The van der Waals surface area contributed by atoms with Crippen LogP contribution in [0.2, 0.25) is 0 Å². The summed E-state index contributed by atoms with van der Waals surface area (Å²) in [5, 5.41) is 0.507. The number of aryl methyl sites for hydroxylation is 1. The van der Waals surface area contributed by atoms with Crippen molar-refractivity contribution in [1.82, 2.24) is 4.57 Å². The second-order valence-corrected chi connectivity index (χ2v) is 4.67. The minimum atomic E-state index is -0.531. The number of carbonyl (C=O) groups excluding carboxylic acids is 3. The summed E-state index contributed by atoms with van der Waals surface area (Å²) in [5.74, 6) is -0.845. The van der Waals surface area contributed by atoms with Crippen LogP contribution in [-0.2, 0) is 16.6 Å². The summed E-state index contributed by atoms with van der Waals surface area (Å²) in [4.78, 5) is 34.4. The lowest BCUT2D eigenvalue weighted by Crippen LogP contribution is -2.09. The van der Waals surface area contributed by atoms with E-state index in [2.05, 4.69) is 0 Å². The van der Waals surface area contributed by atoms with Crippen LogP contribution in [-0.4, -0.2) is 29.9 Å². The summed E-state index contributed by atoms with van der Waals surface area (Å²) in [6, 6.07) is 1.62. The van der Waals surface area contributed by atoms with E-state index in [1.807, 2.05) is 0 Å². The molecular formula is C15H15NO5. The van der Waals surface area contributed by atoms with Gasteiger partial charge in [0.05, 0.1) is 23.6 Å². The molecule has 0 saturated heterocycles. The van der Waals surface area contributed by atoms with Crippen LogP contribution in [0.3, 0.4) is 0 Å². The van der Waals surface area contributed by atoms with Crippen LogP contribution in [0.5, 0.6) is 5.75 Å². The van der Waals surface area contributed by atoms with E-state index in [9.17, 15) is 14.4 Å². The fourth-order valence-electron chi connectivity index (χ4n) is 2.33. The minimum absolute atomic E-state index is 0.211. The molecule has 1 heterocycles. The first-order valence-electron chi connectivity index (χ1n) is 6.25. The van der Waals surface area contributed by atoms with Crippen LogP contribution in [0, 0.1) is 6.92 Å². The molecule has 110 valence electrons. The highest BCUT2D eigenvalue weighted by atomic mass is 16.5. The van der Waals surface area contributed by atoms with Gasteiger partial charge in [0.15, 0.2) is 6.29 Å². The number of fused-ring (bicyclic) bond motifs is 1. The number of aromatic nitrogens is 1. The van der Waals surface area contributed by atoms with E-state index in [1.54, 1.807) is 30.8 Å². The topological polar surface area (TPSA) is 74.6 Å². The Morgan fingerprint density at radius 3 is 2.52 bits per heavy atom. The molecule has 0 bridgehead atoms. The summed E-state index contributed by atoms with van der Waals surface area (Å²) in [6.45, 7) is 2.91. The molecule has 21 heavy (non-hydrogen) atoms. The van der Waals surface area contributed by atoms with Gasteiger partial charge in [-0.15, -0.1) is 0 Å². The number of benzene rings is 1. The Labute approximate surface area is 121 Å². The van der Waals surface area contributed by atoms with Gasteiger partial charge in [-0.2, -0.15) is 0 Å². The monoisotopic (exact) mass is 289 g/mol. The molecule has 2 rings (SSSR count). The van der Waals surface area contributed by atoms with Crippen LogP contribution < -0.4 is 4.74 Å². The summed E-state index contributed by atoms with van der Waals surface area (Å²) in [6.07, 6.45) is 2.30. The maximum atomic E-state index is 11.9. The van der Waals surface area contributed by atoms with Gasteiger partial charge >= 0.3 is 11.9 Å². The molecule has 0 aliphatic carbocycles. The molecule has 0 aliphatic rings. The van der Waals surface area contributed by atoms with Gasteiger partial charge in [-0.25, -0.2) is 4.79 Å². The van der Waals surface area contributed by atoms with E-state index < -0.39 is 11.9 Å². The second-order valence-electron chi connectivity index (χ2n) is 4.67. The van der Waals surface area contributed by atoms with Crippen LogP contribution in [0.1, 0.15) is 33.2 Å². The number of hydrogen-bond acceptors (Lipinski definition) is 5. The van der Waals surface area contributed by atoms with Crippen molar-refractivity contribution in [3.05, 3.63) is 29.0 Å². The van der Waals surface area contributed by atoms with Gasteiger partial charge < -0.3 is 14.0 Å².